The lowest BCUT2D eigenvalue weighted by atomic mass is 9.85. The van der Waals surface area contributed by atoms with E-state index in [0.717, 1.165) is 29.9 Å². The largest absolute Gasteiger partial charge is 0.314 e. The Kier molecular flexibility index (Phi) is 4.01. The molecule has 0 aromatic heterocycles. The van der Waals surface area contributed by atoms with Crippen molar-refractivity contribution in [3.63, 3.8) is 0 Å². The third-order valence-corrected chi connectivity index (χ3v) is 7.10. The van der Waals surface area contributed by atoms with Crippen molar-refractivity contribution in [1.82, 2.24) is 9.21 Å². The van der Waals surface area contributed by atoms with Crippen LogP contribution in [0.5, 0.6) is 0 Å². The van der Waals surface area contributed by atoms with Crippen LogP contribution in [-0.4, -0.2) is 63.8 Å². The number of anilines is 1. The van der Waals surface area contributed by atoms with Gasteiger partial charge in [0.15, 0.2) is 0 Å². The third kappa shape index (κ3) is 2.46. The average Bonchev–Trinajstić information content (AvgIpc) is 2.69. The van der Waals surface area contributed by atoms with Gasteiger partial charge in [-0.3, -0.25) is 4.79 Å². The Hall–Kier alpha value is -1.44. The van der Waals surface area contributed by atoms with Gasteiger partial charge >= 0.3 is 0 Å². The minimum atomic E-state index is -3.54. The zero-order valence-electron chi connectivity index (χ0n) is 15.0. The van der Waals surface area contributed by atoms with Crippen LogP contribution in [0.25, 0.3) is 0 Å². The first-order chi connectivity index (χ1) is 11.1. The van der Waals surface area contributed by atoms with Crippen LogP contribution < -0.4 is 4.90 Å². The van der Waals surface area contributed by atoms with Crippen LogP contribution in [0.4, 0.5) is 5.69 Å². The van der Waals surface area contributed by atoms with Gasteiger partial charge in [-0.25, -0.2) is 8.42 Å². The number of hydrogen-bond acceptors (Lipinski definition) is 4. The fraction of sp³-hybridized carbons (Fsp3) is 0.588. The number of aryl methyl sites for hydroxylation is 1. The number of rotatable bonds is 2. The van der Waals surface area contributed by atoms with Crippen LogP contribution in [0.15, 0.2) is 17.0 Å². The van der Waals surface area contributed by atoms with Crippen molar-refractivity contribution in [2.45, 2.75) is 31.1 Å². The molecule has 0 atom stereocenters. The molecule has 0 N–H and O–H groups in total. The van der Waals surface area contributed by atoms with Gasteiger partial charge in [0.1, 0.15) is 0 Å². The first kappa shape index (κ1) is 17.4. The Morgan fingerprint density at radius 2 is 1.62 bits per heavy atom. The van der Waals surface area contributed by atoms with Crippen molar-refractivity contribution >= 4 is 21.6 Å². The number of sulfonamides is 1. The molecule has 1 fully saturated rings. The van der Waals surface area contributed by atoms with Crippen LogP contribution >= 0.6 is 0 Å². The van der Waals surface area contributed by atoms with E-state index in [-0.39, 0.29) is 5.91 Å². The lowest BCUT2D eigenvalue weighted by Crippen LogP contribution is -2.47. The zero-order valence-corrected chi connectivity index (χ0v) is 15.8. The molecule has 1 saturated heterocycles. The van der Waals surface area contributed by atoms with E-state index in [9.17, 15) is 13.2 Å². The van der Waals surface area contributed by atoms with Gasteiger partial charge in [0.05, 0.1) is 16.0 Å². The molecule has 1 aromatic carbocycles. The fourth-order valence-electron chi connectivity index (χ4n) is 3.63. The maximum Gasteiger partial charge on any atom is 0.243 e. The second-order valence-corrected chi connectivity index (χ2v) is 9.27. The van der Waals surface area contributed by atoms with E-state index < -0.39 is 15.4 Å². The standard InChI is InChI=1S/C17H25N3O3S/c1-12-10-13(24(22,23)20-8-6-18(4)7-9-20)11-14-15(12)19(5)16(21)17(14,2)3/h10-11H,6-9H2,1-5H3. The molecule has 0 radical (unpaired) electrons. The van der Waals surface area contributed by atoms with Crippen molar-refractivity contribution < 1.29 is 13.2 Å². The maximum absolute atomic E-state index is 13.0. The molecule has 132 valence electrons. The summed E-state index contributed by atoms with van der Waals surface area (Å²) >= 11 is 0. The summed E-state index contributed by atoms with van der Waals surface area (Å²) in [5.74, 6) is -0.00487. The minimum absolute atomic E-state index is 0.00487. The average molecular weight is 351 g/mol. The van der Waals surface area contributed by atoms with Crippen LogP contribution in [0, 0.1) is 6.92 Å². The summed E-state index contributed by atoms with van der Waals surface area (Å²) in [6.07, 6.45) is 0. The number of benzene rings is 1. The molecule has 7 heteroatoms. The first-order valence-electron chi connectivity index (χ1n) is 8.19. The van der Waals surface area contributed by atoms with Crippen molar-refractivity contribution in [1.29, 1.82) is 0 Å². The molecule has 0 saturated carbocycles. The van der Waals surface area contributed by atoms with Crippen molar-refractivity contribution in [3.8, 4) is 0 Å². The zero-order chi connectivity index (χ0) is 17.9. The molecule has 0 spiro atoms. The Balaban J connectivity index is 2.07. The predicted molar refractivity (Wildman–Crippen MR) is 93.9 cm³/mol. The van der Waals surface area contributed by atoms with Crippen molar-refractivity contribution in [2.75, 3.05) is 45.2 Å². The van der Waals surface area contributed by atoms with E-state index in [2.05, 4.69) is 4.90 Å². The maximum atomic E-state index is 13.0. The number of amides is 1. The lowest BCUT2D eigenvalue weighted by Gasteiger charge is -2.31. The Labute approximate surface area is 144 Å². The second kappa shape index (κ2) is 5.54. The number of piperazine rings is 1. The first-order valence-corrected chi connectivity index (χ1v) is 9.63. The molecule has 0 bridgehead atoms. The van der Waals surface area contributed by atoms with E-state index >= 15 is 0 Å². The smallest absolute Gasteiger partial charge is 0.243 e. The number of fused-ring (bicyclic) bond motifs is 1. The third-order valence-electron chi connectivity index (χ3n) is 5.22. The Morgan fingerprint density at radius 1 is 1.04 bits per heavy atom. The quantitative estimate of drug-likeness (QED) is 0.803. The Bertz CT molecular complexity index is 794. The van der Waals surface area contributed by atoms with Gasteiger partial charge in [-0.2, -0.15) is 4.31 Å². The molecule has 0 unspecified atom stereocenters. The van der Waals surface area contributed by atoms with Gasteiger partial charge in [0.25, 0.3) is 0 Å². The topological polar surface area (TPSA) is 60.9 Å². The van der Waals surface area contributed by atoms with Crippen molar-refractivity contribution in [3.05, 3.63) is 23.3 Å². The molecule has 2 aliphatic heterocycles. The molecule has 1 amide bonds. The van der Waals surface area contributed by atoms with Gasteiger partial charge in [0, 0.05) is 33.2 Å². The summed E-state index contributed by atoms with van der Waals surface area (Å²) in [7, 11) is 0.203. The van der Waals surface area contributed by atoms with E-state index in [0.29, 0.717) is 18.0 Å². The number of carbonyl (C=O) groups excluding carboxylic acids is 1. The summed E-state index contributed by atoms with van der Waals surface area (Å²) < 4.78 is 27.6. The monoisotopic (exact) mass is 351 g/mol. The van der Waals surface area contributed by atoms with E-state index in [1.54, 1.807) is 28.4 Å². The second-order valence-electron chi connectivity index (χ2n) is 7.33. The molecule has 6 nitrogen and oxygen atoms in total. The van der Waals surface area contributed by atoms with Crippen molar-refractivity contribution in [2.24, 2.45) is 0 Å². The normalized spacial score (nSPS) is 22.0. The molecule has 24 heavy (non-hydrogen) atoms. The lowest BCUT2D eigenvalue weighted by molar-refractivity contribution is -0.121. The van der Waals surface area contributed by atoms with Gasteiger partial charge < -0.3 is 9.80 Å². The highest BCUT2D eigenvalue weighted by atomic mass is 32.2. The van der Waals surface area contributed by atoms with Gasteiger partial charge in [0.2, 0.25) is 15.9 Å². The minimum Gasteiger partial charge on any atom is -0.314 e. The predicted octanol–water partition coefficient (Wildman–Crippen LogP) is 1.19. The number of likely N-dealkylation sites (N-methyl/N-ethyl adjacent to an activating group) is 2. The summed E-state index contributed by atoms with van der Waals surface area (Å²) in [5, 5.41) is 0. The van der Waals surface area contributed by atoms with Crippen LogP contribution in [0.3, 0.4) is 0 Å². The molecular weight excluding hydrogens is 326 g/mol. The summed E-state index contributed by atoms with van der Waals surface area (Å²) in [5.41, 5.74) is 1.74. The summed E-state index contributed by atoms with van der Waals surface area (Å²) in [6, 6.07) is 3.38. The van der Waals surface area contributed by atoms with Crippen LogP contribution in [-0.2, 0) is 20.2 Å². The summed E-state index contributed by atoms with van der Waals surface area (Å²) in [6.45, 7) is 8.03. The van der Waals surface area contributed by atoms with Crippen LogP contribution in [0.2, 0.25) is 0 Å². The van der Waals surface area contributed by atoms with Gasteiger partial charge in [-0.1, -0.05) is 0 Å². The highest BCUT2D eigenvalue weighted by molar-refractivity contribution is 7.89. The Morgan fingerprint density at radius 3 is 2.21 bits per heavy atom. The van der Waals surface area contributed by atoms with Crippen LogP contribution in [0.1, 0.15) is 25.0 Å². The SMILES string of the molecule is Cc1cc(S(=O)(=O)N2CCN(C)CC2)cc2c1N(C)C(=O)C2(C)C. The van der Waals surface area contributed by atoms with Gasteiger partial charge in [-0.15, -0.1) is 0 Å². The number of nitrogens with zero attached hydrogens (tertiary/aromatic N) is 3. The van der Waals surface area contributed by atoms with E-state index in [1.165, 1.54) is 0 Å². The molecule has 2 heterocycles. The fourth-order valence-corrected chi connectivity index (χ4v) is 5.17. The number of hydrogen-bond donors (Lipinski definition) is 0. The number of carbonyl (C=O) groups is 1. The molecule has 1 aromatic rings. The molecule has 2 aliphatic rings. The molecular formula is C17H25N3O3S. The highest BCUT2D eigenvalue weighted by Crippen LogP contribution is 2.44. The molecule has 3 rings (SSSR count). The van der Waals surface area contributed by atoms with Gasteiger partial charge in [-0.05, 0) is 51.1 Å². The summed E-state index contributed by atoms with van der Waals surface area (Å²) in [4.78, 5) is 16.5. The highest BCUT2D eigenvalue weighted by Gasteiger charge is 2.44. The molecule has 0 aliphatic carbocycles. The van der Waals surface area contributed by atoms with E-state index in [1.807, 2.05) is 27.8 Å². The van der Waals surface area contributed by atoms with E-state index in [4.69, 9.17) is 0 Å².